The van der Waals surface area contributed by atoms with E-state index in [1.54, 1.807) is 0 Å². The first kappa shape index (κ1) is 28.5. The zero-order valence-corrected chi connectivity index (χ0v) is 28.0. The average Bonchev–Trinajstić information content (AvgIpc) is 3.78. The zero-order chi connectivity index (χ0) is 33.5. The predicted octanol–water partition coefficient (Wildman–Crippen LogP) is 11.6. The summed E-state index contributed by atoms with van der Waals surface area (Å²) >= 11 is 0. The molecule has 50 heavy (non-hydrogen) atoms. The van der Waals surface area contributed by atoms with Gasteiger partial charge in [-0.05, 0) is 91.2 Å². The highest BCUT2D eigenvalue weighted by Gasteiger charge is 2.18. The summed E-state index contributed by atoms with van der Waals surface area (Å²) < 4.78 is 11.2. The maximum absolute atomic E-state index is 6.68. The molecule has 0 saturated carbocycles. The first-order valence-electron chi connectivity index (χ1n) is 17.0. The lowest BCUT2D eigenvalue weighted by Gasteiger charge is -2.15. The number of fused-ring (bicyclic) bond motifs is 12. The van der Waals surface area contributed by atoms with Crippen molar-refractivity contribution in [3.63, 3.8) is 0 Å². The Bertz CT molecular complexity index is 2970. The molecule has 0 radical (unpaired) electrons. The second-order valence-corrected chi connectivity index (χ2v) is 13.3. The second kappa shape index (κ2) is 10.8. The minimum absolute atomic E-state index is 0.755. The molecule has 0 aliphatic carbocycles. The SMILES string of the molecule is Cc1cc(C)c(-c2cnc3c4cc(Oc5ccc6c7ccccc7n7cc(-c8ccccc8)nc7c6c5)ccc4c4ccccc4n23)c(C)c1. The quantitative estimate of drug-likeness (QED) is 0.179. The van der Waals surface area contributed by atoms with Crippen LogP contribution < -0.4 is 4.74 Å². The van der Waals surface area contributed by atoms with Gasteiger partial charge in [0, 0.05) is 38.9 Å². The molecular weight excluding hydrogens is 613 g/mol. The number of nitrogens with zero attached hydrogens (tertiary/aromatic N) is 4. The Balaban J connectivity index is 1.15. The summed E-state index contributed by atoms with van der Waals surface area (Å²) in [4.78, 5) is 10.2. The molecule has 0 spiro atoms. The van der Waals surface area contributed by atoms with Crippen molar-refractivity contribution in [3.8, 4) is 34.0 Å². The fourth-order valence-electron chi connectivity index (χ4n) is 8.01. The van der Waals surface area contributed by atoms with Crippen LogP contribution in [0.25, 0.3) is 77.2 Å². The van der Waals surface area contributed by atoms with Crippen molar-refractivity contribution < 1.29 is 4.74 Å². The molecule has 10 rings (SSSR count). The minimum atomic E-state index is 0.755. The molecule has 5 heteroatoms. The number of rotatable bonds is 4. The van der Waals surface area contributed by atoms with Crippen molar-refractivity contribution >= 4 is 54.6 Å². The van der Waals surface area contributed by atoms with E-state index in [2.05, 4.69) is 157 Å². The molecular formula is C45H32N4O. The summed E-state index contributed by atoms with van der Waals surface area (Å²) in [6, 6.07) is 44.7. The first-order valence-corrected chi connectivity index (χ1v) is 17.0. The van der Waals surface area contributed by atoms with Gasteiger partial charge in [0.15, 0.2) is 0 Å². The lowest BCUT2D eigenvalue weighted by Crippen LogP contribution is -1.97. The normalized spacial score (nSPS) is 11.9. The van der Waals surface area contributed by atoms with Crippen LogP contribution in [-0.4, -0.2) is 18.8 Å². The van der Waals surface area contributed by atoms with Gasteiger partial charge >= 0.3 is 0 Å². The number of aryl methyl sites for hydroxylation is 3. The maximum Gasteiger partial charge on any atom is 0.146 e. The van der Waals surface area contributed by atoms with Crippen molar-refractivity contribution in [3.05, 3.63) is 156 Å². The molecule has 0 saturated heterocycles. The highest BCUT2D eigenvalue weighted by atomic mass is 16.5. The van der Waals surface area contributed by atoms with Gasteiger partial charge in [-0.15, -0.1) is 0 Å². The van der Waals surface area contributed by atoms with E-state index in [9.17, 15) is 0 Å². The van der Waals surface area contributed by atoms with Crippen LogP contribution in [-0.2, 0) is 0 Å². The van der Waals surface area contributed by atoms with Crippen LogP contribution in [0.1, 0.15) is 16.7 Å². The summed E-state index contributed by atoms with van der Waals surface area (Å²) in [5, 5.41) is 6.73. The Hall–Kier alpha value is -6.46. The van der Waals surface area contributed by atoms with Gasteiger partial charge in [-0.2, -0.15) is 0 Å². The zero-order valence-electron chi connectivity index (χ0n) is 28.0. The molecule has 0 N–H and O–H groups in total. The van der Waals surface area contributed by atoms with Gasteiger partial charge in [-0.3, -0.25) is 8.80 Å². The Morgan fingerprint density at radius 3 is 1.84 bits per heavy atom. The van der Waals surface area contributed by atoms with Gasteiger partial charge in [0.1, 0.15) is 22.8 Å². The fraction of sp³-hybridized carbons (Fsp3) is 0.0667. The molecule has 10 aromatic rings. The summed E-state index contributed by atoms with van der Waals surface area (Å²) in [6.07, 6.45) is 4.16. The van der Waals surface area contributed by atoms with Crippen molar-refractivity contribution in [2.75, 3.05) is 0 Å². The van der Waals surface area contributed by atoms with Crippen LogP contribution in [0, 0.1) is 20.8 Å². The van der Waals surface area contributed by atoms with Gasteiger partial charge in [-0.1, -0.05) is 84.4 Å². The lowest BCUT2D eigenvalue weighted by molar-refractivity contribution is 0.484. The number of para-hydroxylation sites is 2. The van der Waals surface area contributed by atoms with E-state index < -0.39 is 0 Å². The van der Waals surface area contributed by atoms with Crippen LogP contribution >= 0.6 is 0 Å². The summed E-state index contributed by atoms with van der Waals surface area (Å²) in [5.41, 5.74) is 12.2. The summed E-state index contributed by atoms with van der Waals surface area (Å²) in [6.45, 7) is 6.53. The van der Waals surface area contributed by atoms with Crippen LogP contribution in [0.4, 0.5) is 0 Å². The molecule has 5 nitrogen and oxygen atoms in total. The monoisotopic (exact) mass is 644 g/mol. The highest BCUT2D eigenvalue weighted by Crippen LogP contribution is 2.39. The number of benzene rings is 6. The molecule has 0 atom stereocenters. The van der Waals surface area contributed by atoms with Crippen LogP contribution in [0.5, 0.6) is 11.5 Å². The topological polar surface area (TPSA) is 43.8 Å². The average molecular weight is 645 g/mol. The number of hydrogen-bond donors (Lipinski definition) is 0. The van der Waals surface area contributed by atoms with E-state index >= 15 is 0 Å². The summed E-state index contributed by atoms with van der Waals surface area (Å²) in [7, 11) is 0. The molecule has 0 aliphatic rings. The van der Waals surface area contributed by atoms with Gasteiger partial charge in [-0.25, -0.2) is 9.97 Å². The molecule has 6 aromatic carbocycles. The van der Waals surface area contributed by atoms with E-state index in [0.717, 1.165) is 72.3 Å². The van der Waals surface area contributed by atoms with Crippen molar-refractivity contribution in [2.24, 2.45) is 0 Å². The van der Waals surface area contributed by atoms with Crippen molar-refractivity contribution in [1.82, 2.24) is 18.8 Å². The minimum Gasteiger partial charge on any atom is -0.457 e. The number of aromatic nitrogens is 4. The number of ether oxygens (including phenoxy) is 1. The lowest BCUT2D eigenvalue weighted by atomic mass is 9.97. The Kier molecular flexibility index (Phi) is 6.15. The van der Waals surface area contributed by atoms with Gasteiger partial charge in [0.2, 0.25) is 0 Å². The standard InChI is InChI=1S/C45H32N4O/c1-27-21-28(2)43(29(3)22-27)42-25-46-44-37-23-31(18-20-34(37)36-14-8-10-16-41(36)49(42)44)50-32-17-19-33-35-13-7-9-15-40(35)48-26-39(30-11-5-4-6-12-30)47-45(48)38(33)24-32/h4-26H,1-3H3. The molecule has 238 valence electrons. The molecule has 0 aliphatic heterocycles. The molecule has 4 aromatic heterocycles. The van der Waals surface area contributed by atoms with Gasteiger partial charge in [0.25, 0.3) is 0 Å². The number of imidazole rings is 2. The second-order valence-electron chi connectivity index (χ2n) is 13.3. The Morgan fingerprint density at radius 2 is 1.14 bits per heavy atom. The van der Waals surface area contributed by atoms with Crippen molar-refractivity contribution in [2.45, 2.75) is 20.8 Å². The molecule has 0 unspecified atom stereocenters. The van der Waals surface area contributed by atoms with Crippen LogP contribution in [0.2, 0.25) is 0 Å². The van der Waals surface area contributed by atoms with Gasteiger partial charge in [0.05, 0.1) is 28.6 Å². The van der Waals surface area contributed by atoms with E-state index in [0.29, 0.717) is 0 Å². The van der Waals surface area contributed by atoms with Crippen LogP contribution in [0.3, 0.4) is 0 Å². The summed E-state index contributed by atoms with van der Waals surface area (Å²) in [5.74, 6) is 1.51. The number of hydrogen-bond acceptors (Lipinski definition) is 3. The molecule has 0 fully saturated rings. The third-order valence-electron chi connectivity index (χ3n) is 10.1. The molecule has 4 heterocycles. The fourth-order valence-corrected chi connectivity index (χ4v) is 8.01. The largest absolute Gasteiger partial charge is 0.457 e. The third kappa shape index (κ3) is 4.26. The number of pyridine rings is 2. The third-order valence-corrected chi connectivity index (χ3v) is 10.1. The van der Waals surface area contributed by atoms with E-state index in [4.69, 9.17) is 14.7 Å². The van der Waals surface area contributed by atoms with E-state index in [1.807, 2.05) is 12.3 Å². The molecule has 0 bridgehead atoms. The van der Waals surface area contributed by atoms with Gasteiger partial charge < -0.3 is 4.74 Å². The van der Waals surface area contributed by atoms with E-state index in [1.165, 1.54) is 33.0 Å². The van der Waals surface area contributed by atoms with Crippen LogP contribution in [0.15, 0.2) is 140 Å². The van der Waals surface area contributed by atoms with Crippen molar-refractivity contribution in [1.29, 1.82) is 0 Å². The smallest absolute Gasteiger partial charge is 0.146 e. The Labute approximate surface area is 288 Å². The predicted molar refractivity (Wildman–Crippen MR) is 206 cm³/mol. The Morgan fingerprint density at radius 1 is 0.540 bits per heavy atom. The first-order chi connectivity index (χ1) is 24.5. The molecule has 0 amide bonds. The maximum atomic E-state index is 6.68. The highest BCUT2D eigenvalue weighted by molar-refractivity contribution is 6.14. The van der Waals surface area contributed by atoms with E-state index in [-0.39, 0.29) is 0 Å².